The summed E-state index contributed by atoms with van der Waals surface area (Å²) in [6.45, 7) is 0. The summed E-state index contributed by atoms with van der Waals surface area (Å²) in [6.07, 6.45) is 2.98. The van der Waals surface area contributed by atoms with Gasteiger partial charge in [0.15, 0.2) is 0 Å². The largest absolute Gasteiger partial charge is 0.391 e. The van der Waals surface area contributed by atoms with E-state index >= 15 is 0 Å². The summed E-state index contributed by atoms with van der Waals surface area (Å²) in [7, 11) is 0. The quantitative estimate of drug-likeness (QED) is 0.724. The van der Waals surface area contributed by atoms with Gasteiger partial charge in [0.05, 0.1) is 12.1 Å². The van der Waals surface area contributed by atoms with Crippen LogP contribution >= 0.6 is 0 Å². The van der Waals surface area contributed by atoms with Crippen LogP contribution in [0, 0.1) is 0 Å². The summed E-state index contributed by atoms with van der Waals surface area (Å²) in [4.78, 5) is 0. The van der Waals surface area contributed by atoms with Gasteiger partial charge in [-0.05, 0) is 31.4 Å². The summed E-state index contributed by atoms with van der Waals surface area (Å²) in [5, 5.41) is 12.9. The lowest BCUT2D eigenvalue weighted by atomic mass is 10.2. The number of hydrogen-bond acceptors (Lipinski definition) is 2. The predicted molar refractivity (Wildman–Crippen MR) is 53.7 cm³/mol. The Labute approximate surface area is 78.6 Å². The molecular formula is C11H15NO. The van der Waals surface area contributed by atoms with Crippen LogP contribution in [0.2, 0.25) is 0 Å². The molecule has 1 unspecified atom stereocenters. The van der Waals surface area contributed by atoms with Crippen molar-refractivity contribution in [2.45, 2.75) is 31.4 Å². The lowest BCUT2D eigenvalue weighted by Crippen LogP contribution is -2.27. The number of nitrogens with one attached hydrogen (secondary N) is 1. The normalized spacial score (nSPS) is 27.5. The molecular weight excluding hydrogens is 162 g/mol. The molecule has 2 heteroatoms. The number of hydrogen-bond donors (Lipinski definition) is 2. The van der Waals surface area contributed by atoms with Crippen LogP contribution in [0.3, 0.4) is 0 Å². The molecule has 0 heterocycles. The zero-order valence-corrected chi connectivity index (χ0v) is 7.61. The van der Waals surface area contributed by atoms with Gasteiger partial charge < -0.3 is 10.4 Å². The highest BCUT2D eigenvalue weighted by molar-refractivity contribution is 5.43. The molecule has 1 fully saturated rings. The molecule has 0 aliphatic heterocycles. The van der Waals surface area contributed by atoms with Gasteiger partial charge in [-0.3, -0.25) is 0 Å². The van der Waals surface area contributed by atoms with E-state index in [0.717, 1.165) is 24.9 Å². The van der Waals surface area contributed by atoms with Crippen molar-refractivity contribution >= 4 is 5.69 Å². The molecule has 13 heavy (non-hydrogen) atoms. The Kier molecular flexibility index (Phi) is 2.50. The van der Waals surface area contributed by atoms with Crippen molar-refractivity contribution in [1.82, 2.24) is 0 Å². The van der Waals surface area contributed by atoms with Crippen molar-refractivity contribution < 1.29 is 5.11 Å². The smallest absolute Gasteiger partial charge is 0.0741 e. The molecule has 1 aliphatic rings. The first-order valence-corrected chi connectivity index (χ1v) is 4.86. The number of para-hydroxylation sites is 1. The number of rotatable bonds is 2. The molecule has 0 saturated heterocycles. The zero-order chi connectivity index (χ0) is 9.10. The molecule has 2 N–H and O–H groups in total. The van der Waals surface area contributed by atoms with E-state index in [1.165, 1.54) is 0 Å². The van der Waals surface area contributed by atoms with Crippen LogP contribution in [0.15, 0.2) is 30.3 Å². The second kappa shape index (κ2) is 3.79. The molecule has 0 amide bonds. The van der Waals surface area contributed by atoms with Crippen molar-refractivity contribution in [3.05, 3.63) is 30.3 Å². The van der Waals surface area contributed by atoms with E-state index in [2.05, 4.69) is 5.32 Å². The predicted octanol–water partition coefficient (Wildman–Crippen LogP) is 2.01. The first-order valence-electron chi connectivity index (χ1n) is 4.86. The minimum Gasteiger partial charge on any atom is -0.391 e. The standard InChI is InChI=1S/C11H15NO/c13-11-8-4-7-10(11)12-9-5-2-1-3-6-9/h1-3,5-6,10-13H,4,7-8H2/t10?,11-/m1/s1. The van der Waals surface area contributed by atoms with Crippen molar-refractivity contribution in [2.75, 3.05) is 5.32 Å². The third kappa shape index (κ3) is 2.01. The Balaban J connectivity index is 1.98. The Morgan fingerprint density at radius 3 is 2.54 bits per heavy atom. The molecule has 2 nitrogen and oxygen atoms in total. The molecule has 1 saturated carbocycles. The average molecular weight is 177 g/mol. The summed E-state index contributed by atoms with van der Waals surface area (Å²) < 4.78 is 0. The van der Waals surface area contributed by atoms with Gasteiger partial charge in [-0.15, -0.1) is 0 Å². The van der Waals surface area contributed by atoms with Crippen LogP contribution in [0.4, 0.5) is 5.69 Å². The number of aliphatic hydroxyl groups is 1. The molecule has 0 radical (unpaired) electrons. The topological polar surface area (TPSA) is 32.3 Å². The van der Waals surface area contributed by atoms with E-state index < -0.39 is 0 Å². The maximum atomic E-state index is 9.59. The molecule has 0 spiro atoms. The molecule has 0 bridgehead atoms. The van der Waals surface area contributed by atoms with E-state index in [4.69, 9.17) is 0 Å². The van der Waals surface area contributed by atoms with E-state index in [1.807, 2.05) is 30.3 Å². The highest BCUT2D eigenvalue weighted by Gasteiger charge is 2.24. The molecule has 1 aliphatic carbocycles. The van der Waals surface area contributed by atoms with E-state index in [1.54, 1.807) is 0 Å². The second-order valence-corrected chi connectivity index (χ2v) is 3.62. The van der Waals surface area contributed by atoms with Crippen molar-refractivity contribution in [1.29, 1.82) is 0 Å². The fourth-order valence-electron chi connectivity index (χ4n) is 1.86. The number of aliphatic hydroxyl groups excluding tert-OH is 1. The highest BCUT2D eigenvalue weighted by atomic mass is 16.3. The molecule has 1 aromatic rings. The maximum absolute atomic E-state index is 9.59. The summed E-state index contributed by atoms with van der Waals surface area (Å²) in [6, 6.07) is 10.3. The van der Waals surface area contributed by atoms with Gasteiger partial charge in [-0.25, -0.2) is 0 Å². The van der Waals surface area contributed by atoms with Crippen molar-refractivity contribution in [3.8, 4) is 0 Å². The van der Waals surface area contributed by atoms with Gasteiger partial charge in [0.1, 0.15) is 0 Å². The highest BCUT2D eigenvalue weighted by Crippen LogP contribution is 2.22. The van der Waals surface area contributed by atoms with Crippen LogP contribution < -0.4 is 5.32 Å². The molecule has 0 aromatic heterocycles. The third-order valence-electron chi connectivity index (χ3n) is 2.61. The van der Waals surface area contributed by atoms with Gasteiger partial charge in [0.2, 0.25) is 0 Å². The minimum absolute atomic E-state index is 0.166. The molecule has 70 valence electrons. The first-order chi connectivity index (χ1) is 6.36. The van der Waals surface area contributed by atoms with E-state index in [0.29, 0.717) is 0 Å². The second-order valence-electron chi connectivity index (χ2n) is 3.62. The average Bonchev–Trinajstić information content (AvgIpc) is 2.54. The van der Waals surface area contributed by atoms with Crippen molar-refractivity contribution in [3.63, 3.8) is 0 Å². The van der Waals surface area contributed by atoms with Gasteiger partial charge in [0, 0.05) is 5.69 Å². The van der Waals surface area contributed by atoms with Gasteiger partial charge >= 0.3 is 0 Å². The van der Waals surface area contributed by atoms with Gasteiger partial charge in [0.25, 0.3) is 0 Å². The number of benzene rings is 1. The molecule has 1 aromatic carbocycles. The first kappa shape index (κ1) is 8.57. The summed E-state index contributed by atoms with van der Waals surface area (Å²) in [5.41, 5.74) is 1.11. The van der Waals surface area contributed by atoms with Crippen LogP contribution in [0.25, 0.3) is 0 Å². The molecule has 2 atom stereocenters. The minimum atomic E-state index is -0.166. The summed E-state index contributed by atoms with van der Waals surface area (Å²) in [5.74, 6) is 0. The zero-order valence-electron chi connectivity index (χ0n) is 7.61. The maximum Gasteiger partial charge on any atom is 0.0741 e. The van der Waals surface area contributed by atoms with Crippen LogP contribution in [0.1, 0.15) is 19.3 Å². The van der Waals surface area contributed by atoms with E-state index in [9.17, 15) is 5.11 Å². The summed E-state index contributed by atoms with van der Waals surface area (Å²) >= 11 is 0. The molecule has 2 rings (SSSR count). The lowest BCUT2D eigenvalue weighted by Gasteiger charge is -2.17. The Bertz CT molecular complexity index is 260. The van der Waals surface area contributed by atoms with Crippen LogP contribution in [-0.2, 0) is 0 Å². The fraction of sp³-hybridized carbons (Fsp3) is 0.455. The Morgan fingerprint density at radius 1 is 1.15 bits per heavy atom. The van der Waals surface area contributed by atoms with Gasteiger partial charge in [-0.2, -0.15) is 0 Å². The monoisotopic (exact) mass is 177 g/mol. The van der Waals surface area contributed by atoms with Gasteiger partial charge in [-0.1, -0.05) is 18.2 Å². The van der Waals surface area contributed by atoms with Crippen molar-refractivity contribution in [2.24, 2.45) is 0 Å². The lowest BCUT2D eigenvalue weighted by molar-refractivity contribution is 0.172. The van der Waals surface area contributed by atoms with Crippen LogP contribution in [-0.4, -0.2) is 17.3 Å². The Morgan fingerprint density at radius 2 is 1.92 bits per heavy atom. The van der Waals surface area contributed by atoms with Crippen LogP contribution in [0.5, 0.6) is 0 Å². The SMILES string of the molecule is O[C@@H]1CCCC1Nc1ccccc1. The third-order valence-corrected chi connectivity index (χ3v) is 2.61. The fourth-order valence-corrected chi connectivity index (χ4v) is 1.86. The number of anilines is 1. The Hall–Kier alpha value is -1.02. The van der Waals surface area contributed by atoms with E-state index in [-0.39, 0.29) is 12.1 Å².